The van der Waals surface area contributed by atoms with Gasteiger partial charge in [0.1, 0.15) is 0 Å². The Labute approximate surface area is 171 Å². The highest BCUT2D eigenvalue weighted by Crippen LogP contribution is 2.43. The van der Waals surface area contributed by atoms with E-state index >= 15 is 0 Å². The largest absolute Gasteiger partial charge is 0.257 e. The van der Waals surface area contributed by atoms with E-state index < -0.39 is 0 Å². The minimum atomic E-state index is 0.526. The van der Waals surface area contributed by atoms with E-state index in [9.17, 15) is 0 Å². The van der Waals surface area contributed by atoms with Gasteiger partial charge in [0, 0.05) is 34.3 Å². The summed E-state index contributed by atoms with van der Waals surface area (Å²) in [7, 11) is 0. The minimum Gasteiger partial charge on any atom is -0.257 e. The van der Waals surface area contributed by atoms with E-state index in [1.807, 2.05) is 18.3 Å². The monoisotopic (exact) mass is 388 g/mol. The molecule has 5 rings (SSSR count). The fourth-order valence-corrected chi connectivity index (χ4v) is 5.38. The molecule has 1 aliphatic heterocycles. The molecule has 0 spiro atoms. The molecule has 3 heteroatoms. The van der Waals surface area contributed by atoms with Crippen LogP contribution in [0.1, 0.15) is 49.7 Å². The van der Waals surface area contributed by atoms with Crippen molar-refractivity contribution < 1.29 is 0 Å². The highest BCUT2D eigenvalue weighted by atomic mass is 35.5. The summed E-state index contributed by atoms with van der Waals surface area (Å²) in [6, 6.07) is 16.8. The lowest BCUT2D eigenvalue weighted by atomic mass is 9.72. The van der Waals surface area contributed by atoms with Crippen molar-refractivity contribution >= 4 is 33.9 Å². The zero-order valence-corrected chi connectivity index (χ0v) is 17.0. The summed E-state index contributed by atoms with van der Waals surface area (Å²) in [4.78, 5) is 9.46. The molecule has 2 heterocycles. The first kappa shape index (κ1) is 17.9. The van der Waals surface area contributed by atoms with Crippen molar-refractivity contribution in [1.82, 2.24) is 4.98 Å². The van der Waals surface area contributed by atoms with Crippen LogP contribution in [0.5, 0.6) is 0 Å². The standard InChI is InChI=1S/C25H25ClN2/c1-16(25-15-21-22(26)6-4-8-24(21)28-25)17-9-11-18(12-10-17)19-13-14-27-23-7-3-2-5-20(19)23/h2-8,13-14,16-18H,9-12,15H2,1H3/t16-,17?,18?/m1/s1. The zero-order chi connectivity index (χ0) is 19.1. The molecular formula is C25H25ClN2. The molecule has 1 aliphatic carbocycles. The summed E-state index contributed by atoms with van der Waals surface area (Å²) in [6.45, 7) is 2.37. The smallest absolute Gasteiger partial charge is 0.0704 e. The molecule has 1 saturated carbocycles. The number of benzene rings is 2. The Morgan fingerprint density at radius 1 is 0.964 bits per heavy atom. The number of pyridine rings is 1. The first-order valence-electron chi connectivity index (χ1n) is 10.4. The van der Waals surface area contributed by atoms with Gasteiger partial charge in [-0.15, -0.1) is 0 Å². The maximum atomic E-state index is 6.38. The summed E-state index contributed by atoms with van der Waals surface area (Å²) in [6.07, 6.45) is 7.94. The Kier molecular flexibility index (Phi) is 4.68. The Morgan fingerprint density at radius 3 is 2.61 bits per heavy atom. The van der Waals surface area contributed by atoms with E-state index in [4.69, 9.17) is 16.6 Å². The molecule has 1 fully saturated rings. The first-order valence-corrected chi connectivity index (χ1v) is 10.8. The molecule has 0 saturated heterocycles. The van der Waals surface area contributed by atoms with Crippen LogP contribution in [0.4, 0.5) is 5.69 Å². The van der Waals surface area contributed by atoms with Crippen molar-refractivity contribution in [2.45, 2.75) is 44.9 Å². The third-order valence-electron chi connectivity index (χ3n) is 6.84. The lowest BCUT2D eigenvalue weighted by Gasteiger charge is -2.33. The van der Waals surface area contributed by atoms with Gasteiger partial charge in [-0.1, -0.05) is 42.8 Å². The number of halogens is 1. The summed E-state index contributed by atoms with van der Waals surface area (Å²) >= 11 is 6.38. The third-order valence-corrected chi connectivity index (χ3v) is 7.20. The molecule has 0 unspecified atom stereocenters. The number of rotatable bonds is 3. The molecule has 1 aromatic heterocycles. The van der Waals surface area contributed by atoms with Gasteiger partial charge in [-0.3, -0.25) is 9.98 Å². The van der Waals surface area contributed by atoms with Gasteiger partial charge in [0.15, 0.2) is 0 Å². The second kappa shape index (κ2) is 7.33. The van der Waals surface area contributed by atoms with Gasteiger partial charge in [0.05, 0.1) is 11.2 Å². The van der Waals surface area contributed by atoms with Crippen molar-refractivity contribution in [1.29, 1.82) is 0 Å². The first-order chi connectivity index (χ1) is 13.7. The zero-order valence-electron chi connectivity index (χ0n) is 16.2. The topological polar surface area (TPSA) is 25.2 Å². The van der Waals surface area contributed by atoms with Gasteiger partial charge >= 0.3 is 0 Å². The second-order valence-electron chi connectivity index (χ2n) is 8.34. The second-order valence-corrected chi connectivity index (χ2v) is 8.74. The molecule has 1 atom stereocenters. The minimum absolute atomic E-state index is 0.526. The molecule has 28 heavy (non-hydrogen) atoms. The molecule has 3 aromatic rings. The predicted octanol–water partition coefficient (Wildman–Crippen LogP) is 7.13. The number of nitrogens with zero attached hydrogens (tertiary/aromatic N) is 2. The lowest BCUT2D eigenvalue weighted by Crippen LogP contribution is -2.25. The van der Waals surface area contributed by atoms with Crippen molar-refractivity contribution in [3.63, 3.8) is 0 Å². The van der Waals surface area contributed by atoms with Crippen LogP contribution in [0.2, 0.25) is 5.02 Å². The van der Waals surface area contributed by atoms with Crippen LogP contribution in [0.25, 0.3) is 10.9 Å². The van der Waals surface area contributed by atoms with E-state index in [1.165, 1.54) is 47.9 Å². The summed E-state index contributed by atoms with van der Waals surface area (Å²) in [5, 5.41) is 2.18. The van der Waals surface area contributed by atoms with Gasteiger partial charge in [-0.2, -0.15) is 0 Å². The van der Waals surface area contributed by atoms with Crippen molar-refractivity contribution in [2.75, 3.05) is 0 Å². The molecule has 2 nitrogen and oxygen atoms in total. The molecule has 142 valence electrons. The van der Waals surface area contributed by atoms with Crippen LogP contribution in [0.3, 0.4) is 0 Å². The predicted molar refractivity (Wildman–Crippen MR) is 118 cm³/mol. The molecule has 0 amide bonds. The quantitative estimate of drug-likeness (QED) is 0.468. The highest BCUT2D eigenvalue weighted by molar-refractivity contribution is 6.32. The van der Waals surface area contributed by atoms with Crippen molar-refractivity contribution in [3.8, 4) is 0 Å². The normalized spacial score (nSPS) is 22.7. The maximum absolute atomic E-state index is 6.38. The molecular weight excluding hydrogens is 364 g/mol. The maximum Gasteiger partial charge on any atom is 0.0704 e. The van der Waals surface area contributed by atoms with Crippen LogP contribution in [-0.2, 0) is 6.42 Å². The van der Waals surface area contributed by atoms with E-state index in [2.05, 4.69) is 48.3 Å². The van der Waals surface area contributed by atoms with Crippen molar-refractivity contribution in [3.05, 3.63) is 70.9 Å². The van der Waals surface area contributed by atoms with E-state index in [1.54, 1.807) is 0 Å². The summed E-state index contributed by atoms with van der Waals surface area (Å²) < 4.78 is 0. The molecule has 0 radical (unpaired) electrons. The van der Waals surface area contributed by atoms with Crippen LogP contribution < -0.4 is 0 Å². The van der Waals surface area contributed by atoms with Gasteiger partial charge < -0.3 is 0 Å². The Hall–Kier alpha value is -2.19. The van der Waals surface area contributed by atoms with Crippen LogP contribution in [-0.4, -0.2) is 10.7 Å². The van der Waals surface area contributed by atoms with Crippen LogP contribution in [0, 0.1) is 11.8 Å². The van der Waals surface area contributed by atoms with Gasteiger partial charge in [-0.25, -0.2) is 0 Å². The van der Waals surface area contributed by atoms with Gasteiger partial charge in [0.25, 0.3) is 0 Å². The van der Waals surface area contributed by atoms with E-state index in [0.717, 1.165) is 28.6 Å². The molecule has 2 aliphatic rings. The van der Waals surface area contributed by atoms with Gasteiger partial charge in [-0.05, 0) is 73.3 Å². The number of aliphatic imine (C=N–C) groups is 1. The van der Waals surface area contributed by atoms with Crippen molar-refractivity contribution in [2.24, 2.45) is 16.8 Å². The summed E-state index contributed by atoms with van der Waals surface area (Å²) in [5.41, 5.74) is 6.20. The number of aromatic nitrogens is 1. The number of hydrogen-bond donors (Lipinski definition) is 0. The summed E-state index contributed by atoms with van der Waals surface area (Å²) in [5.74, 6) is 1.89. The average Bonchev–Trinajstić information content (AvgIpc) is 3.19. The van der Waals surface area contributed by atoms with E-state index in [0.29, 0.717) is 11.8 Å². The number of para-hydroxylation sites is 1. The SMILES string of the molecule is C[C@@H](C1=Nc2cccc(Cl)c2C1)C1CCC(c2ccnc3ccccc23)CC1. The number of fused-ring (bicyclic) bond motifs is 2. The lowest BCUT2D eigenvalue weighted by molar-refractivity contribution is 0.287. The van der Waals surface area contributed by atoms with E-state index in [-0.39, 0.29) is 0 Å². The average molecular weight is 389 g/mol. The molecule has 0 N–H and O–H groups in total. The fraction of sp³-hybridized carbons (Fsp3) is 0.360. The number of hydrogen-bond acceptors (Lipinski definition) is 2. The van der Waals surface area contributed by atoms with Gasteiger partial charge in [0.2, 0.25) is 0 Å². The molecule has 0 bridgehead atoms. The fourth-order valence-electron chi connectivity index (χ4n) is 5.14. The Balaban J connectivity index is 1.29. The third kappa shape index (κ3) is 3.14. The highest BCUT2D eigenvalue weighted by Gasteiger charge is 2.31. The molecule has 2 aromatic carbocycles. The Morgan fingerprint density at radius 2 is 1.79 bits per heavy atom. The van der Waals surface area contributed by atoms with Crippen LogP contribution >= 0.6 is 11.6 Å². The van der Waals surface area contributed by atoms with Crippen LogP contribution in [0.15, 0.2) is 59.7 Å². The Bertz CT molecular complexity index is 1040.